The summed E-state index contributed by atoms with van der Waals surface area (Å²) in [5, 5.41) is 2.78. The highest BCUT2D eigenvalue weighted by Crippen LogP contribution is 2.30. The van der Waals surface area contributed by atoms with Crippen LogP contribution in [0.4, 0.5) is 13.2 Å². The summed E-state index contributed by atoms with van der Waals surface area (Å²) in [4.78, 5) is 22.9. The Hall–Kier alpha value is -3.98. The minimum atomic E-state index is -4.39. The summed E-state index contributed by atoms with van der Waals surface area (Å²) in [6.45, 7) is 2.93. The number of oxazole rings is 1. The largest absolute Gasteiger partial charge is 0.447 e. The van der Waals surface area contributed by atoms with E-state index in [1.54, 1.807) is 18.5 Å². The molecule has 6 nitrogen and oxygen atoms in total. The molecule has 2 heterocycles. The van der Waals surface area contributed by atoms with Crippen molar-refractivity contribution in [2.75, 3.05) is 0 Å². The fourth-order valence-electron chi connectivity index (χ4n) is 3.74. The maximum absolute atomic E-state index is 13.0. The summed E-state index contributed by atoms with van der Waals surface area (Å²) in [5.74, 6) is -0.0459. The number of benzene rings is 2. The highest BCUT2D eigenvalue weighted by molar-refractivity contribution is 5.91. The van der Waals surface area contributed by atoms with Gasteiger partial charge in [-0.1, -0.05) is 48.5 Å². The van der Waals surface area contributed by atoms with Gasteiger partial charge < -0.3 is 9.73 Å². The lowest BCUT2D eigenvalue weighted by Gasteiger charge is -2.28. The number of hydrogen-bond acceptors (Lipinski definition) is 5. The van der Waals surface area contributed by atoms with Gasteiger partial charge in [-0.2, -0.15) is 13.2 Å². The van der Waals surface area contributed by atoms with Gasteiger partial charge in [0.15, 0.2) is 5.69 Å². The smallest absolute Gasteiger partial charge is 0.416 e. The fourth-order valence-corrected chi connectivity index (χ4v) is 3.74. The predicted molar refractivity (Wildman–Crippen MR) is 127 cm³/mol. The molecule has 1 amide bonds. The normalized spacial score (nSPS) is 12.5. The van der Waals surface area contributed by atoms with Crippen LogP contribution in [0.3, 0.4) is 0 Å². The summed E-state index contributed by atoms with van der Waals surface area (Å²) in [7, 11) is 0. The van der Waals surface area contributed by atoms with Gasteiger partial charge in [0.25, 0.3) is 5.91 Å². The molecule has 0 bridgehead atoms. The Kier molecular flexibility index (Phi) is 7.80. The highest BCUT2D eigenvalue weighted by atomic mass is 19.4. The van der Waals surface area contributed by atoms with Crippen molar-refractivity contribution in [1.29, 1.82) is 0 Å². The first-order valence-corrected chi connectivity index (χ1v) is 11.4. The van der Waals surface area contributed by atoms with Gasteiger partial charge in [-0.15, -0.1) is 0 Å². The first-order valence-electron chi connectivity index (χ1n) is 11.4. The molecule has 1 unspecified atom stereocenters. The molecule has 2 aromatic carbocycles. The zero-order chi connectivity index (χ0) is 25.5. The van der Waals surface area contributed by atoms with Crippen LogP contribution in [0.15, 0.2) is 89.8 Å². The van der Waals surface area contributed by atoms with Crippen LogP contribution in [-0.4, -0.2) is 20.8 Å². The lowest BCUT2D eigenvalue weighted by Crippen LogP contribution is -2.27. The van der Waals surface area contributed by atoms with Gasteiger partial charge in [-0.3, -0.25) is 14.7 Å². The second kappa shape index (κ2) is 11.2. The molecule has 0 aliphatic rings. The lowest BCUT2D eigenvalue weighted by molar-refractivity contribution is -0.137. The Labute approximate surface area is 206 Å². The average Bonchev–Trinajstić information content (AvgIpc) is 3.36. The molecule has 36 heavy (non-hydrogen) atoms. The molecule has 0 spiro atoms. The summed E-state index contributed by atoms with van der Waals surface area (Å²) >= 11 is 0. The van der Waals surface area contributed by atoms with Gasteiger partial charge in [-0.25, -0.2) is 4.98 Å². The second-order valence-corrected chi connectivity index (χ2v) is 8.36. The van der Waals surface area contributed by atoms with Gasteiger partial charge in [0.2, 0.25) is 5.89 Å². The topological polar surface area (TPSA) is 71.3 Å². The monoisotopic (exact) mass is 494 g/mol. The summed E-state index contributed by atoms with van der Waals surface area (Å²) in [6, 6.07) is 18.4. The third kappa shape index (κ3) is 6.57. The van der Waals surface area contributed by atoms with E-state index in [0.717, 1.165) is 23.3 Å². The van der Waals surface area contributed by atoms with Crippen molar-refractivity contribution < 1.29 is 22.4 Å². The molecule has 0 saturated heterocycles. The number of amides is 1. The lowest BCUT2D eigenvalue weighted by atomic mass is 10.1. The van der Waals surface area contributed by atoms with Crippen molar-refractivity contribution in [3.63, 3.8) is 0 Å². The summed E-state index contributed by atoms with van der Waals surface area (Å²) < 4.78 is 44.5. The van der Waals surface area contributed by atoms with Crippen LogP contribution in [0, 0.1) is 0 Å². The minimum absolute atomic E-state index is 0.0942. The summed E-state index contributed by atoms with van der Waals surface area (Å²) in [5.41, 5.74) is 2.06. The number of nitrogens with one attached hydrogen (secondary N) is 1. The van der Waals surface area contributed by atoms with Crippen LogP contribution < -0.4 is 5.32 Å². The Morgan fingerprint density at radius 2 is 1.75 bits per heavy atom. The molecular formula is C27H25F3N4O2. The molecule has 0 saturated carbocycles. The number of pyridine rings is 1. The molecule has 4 rings (SSSR count). The van der Waals surface area contributed by atoms with Crippen molar-refractivity contribution in [3.05, 3.63) is 119 Å². The van der Waals surface area contributed by atoms with E-state index < -0.39 is 11.7 Å². The molecular weight excluding hydrogens is 469 g/mol. The number of alkyl halides is 3. The van der Waals surface area contributed by atoms with Crippen LogP contribution in [0.5, 0.6) is 0 Å². The molecule has 0 aliphatic heterocycles. The van der Waals surface area contributed by atoms with E-state index >= 15 is 0 Å². The first-order chi connectivity index (χ1) is 17.3. The molecule has 0 fully saturated rings. The Bertz CT molecular complexity index is 1260. The molecule has 0 radical (unpaired) electrons. The van der Waals surface area contributed by atoms with Crippen LogP contribution in [0.1, 0.15) is 51.6 Å². The number of aromatic nitrogens is 2. The molecule has 1 N–H and O–H groups in total. The first kappa shape index (κ1) is 25.1. The number of rotatable bonds is 9. The van der Waals surface area contributed by atoms with Gasteiger partial charge in [0.05, 0.1) is 12.1 Å². The molecule has 186 valence electrons. The number of hydrogen-bond donors (Lipinski definition) is 1. The maximum atomic E-state index is 13.0. The van der Waals surface area contributed by atoms with Gasteiger partial charge in [-0.05, 0) is 41.8 Å². The van der Waals surface area contributed by atoms with E-state index in [2.05, 4.69) is 15.3 Å². The zero-order valence-electron chi connectivity index (χ0n) is 19.6. The Morgan fingerprint density at radius 1 is 1.00 bits per heavy atom. The van der Waals surface area contributed by atoms with Crippen LogP contribution >= 0.6 is 0 Å². The van der Waals surface area contributed by atoms with E-state index in [-0.39, 0.29) is 24.2 Å². The molecule has 9 heteroatoms. The van der Waals surface area contributed by atoms with Crippen LogP contribution in [-0.2, 0) is 25.8 Å². The van der Waals surface area contributed by atoms with Gasteiger partial charge in [0.1, 0.15) is 6.26 Å². The summed E-state index contributed by atoms with van der Waals surface area (Å²) in [6.07, 6.45) is 0.236. The third-order valence-corrected chi connectivity index (χ3v) is 5.80. The zero-order valence-corrected chi connectivity index (χ0v) is 19.6. The third-order valence-electron chi connectivity index (χ3n) is 5.80. The molecule has 1 atom stereocenters. The fraction of sp³-hybridized carbons (Fsp3) is 0.222. The van der Waals surface area contributed by atoms with E-state index in [1.807, 2.05) is 48.2 Å². The van der Waals surface area contributed by atoms with Crippen LogP contribution in [0.2, 0.25) is 0 Å². The van der Waals surface area contributed by atoms with Crippen molar-refractivity contribution in [2.24, 2.45) is 0 Å². The SMILES string of the molecule is CC(c1ccccc1)N(Cc1ccc(C(F)(F)F)cc1)Cc1nc(C(=O)NCc2cccnc2)co1. The highest BCUT2D eigenvalue weighted by Gasteiger charge is 2.30. The number of carbonyl (C=O) groups excluding carboxylic acids is 1. The van der Waals surface area contributed by atoms with Crippen LogP contribution in [0.25, 0.3) is 0 Å². The molecule has 4 aromatic rings. The van der Waals surface area contributed by atoms with Gasteiger partial charge in [0, 0.05) is 31.5 Å². The number of halogens is 3. The van der Waals surface area contributed by atoms with Crippen molar-refractivity contribution in [3.8, 4) is 0 Å². The van der Waals surface area contributed by atoms with E-state index in [9.17, 15) is 18.0 Å². The maximum Gasteiger partial charge on any atom is 0.416 e. The minimum Gasteiger partial charge on any atom is -0.447 e. The van der Waals surface area contributed by atoms with E-state index in [0.29, 0.717) is 24.5 Å². The van der Waals surface area contributed by atoms with E-state index in [1.165, 1.54) is 18.4 Å². The Morgan fingerprint density at radius 3 is 2.42 bits per heavy atom. The number of carbonyl (C=O) groups is 1. The molecule has 0 aliphatic carbocycles. The second-order valence-electron chi connectivity index (χ2n) is 8.36. The Balaban J connectivity index is 1.48. The van der Waals surface area contributed by atoms with Gasteiger partial charge >= 0.3 is 6.18 Å². The van der Waals surface area contributed by atoms with Crippen molar-refractivity contribution in [1.82, 2.24) is 20.2 Å². The molecule has 2 aromatic heterocycles. The van der Waals surface area contributed by atoms with E-state index in [4.69, 9.17) is 4.42 Å². The number of nitrogens with zero attached hydrogens (tertiary/aromatic N) is 3. The quantitative estimate of drug-likeness (QED) is 0.319. The van der Waals surface area contributed by atoms with Crippen molar-refractivity contribution >= 4 is 5.91 Å². The predicted octanol–water partition coefficient (Wildman–Crippen LogP) is 5.78. The van der Waals surface area contributed by atoms with Crippen molar-refractivity contribution in [2.45, 2.75) is 38.8 Å². The standard InChI is InChI=1S/C27H25F3N4O2/c1-19(22-7-3-2-4-8-22)34(16-20-9-11-23(12-10-20)27(28,29)30)17-25-33-24(18-36-25)26(35)32-15-21-6-5-13-31-14-21/h2-14,18-19H,15-17H2,1H3,(H,32,35). The average molecular weight is 495 g/mol.